The minimum atomic E-state index is -0.163. The molecular weight excluding hydrogens is 192 g/mol. The number of rotatable bonds is 4. The predicted octanol–water partition coefficient (Wildman–Crippen LogP) is -0.609. The van der Waals surface area contributed by atoms with Gasteiger partial charge in [-0.05, 0) is 40.4 Å². The first-order chi connectivity index (χ1) is 7.06. The Hall–Kier alpha value is -0.650. The monoisotopic (exact) mass is 214 g/mol. The van der Waals surface area contributed by atoms with E-state index in [4.69, 9.17) is 5.84 Å². The van der Waals surface area contributed by atoms with Gasteiger partial charge in [0.2, 0.25) is 0 Å². The van der Waals surface area contributed by atoms with Gasteiger partial charge in [0.15, 0.2) is 0 Å². The topological polar surface area (TPSA) is 61.6 Å². The van der Waals surface area contributed by atoms with Gasteiger partial charge in [0.25, 0.3) is 5.91 Å². The van der Waals surface area contributed by atoms with Crippen molar-refractivity contribution in [3.8, 4) is 0 Å². The van der Waals surface area contributed by atoms with Crippen molar-refractivity contribution >= 4 is 5.91 Å². The number of likely N-dealkylation sites (tertiary alicyclic amines) is 1. The molecule has 1 aliphatic heterocycles. The van der Waals surface area contributed by atoms with Gasteiger partial charge < -0.3 is 4.90 Å². The molecule has 0 aromatic carbocycles. The summed E-state index contributed by atoms with van der Waals surface area (Å²) in [4.78, 5) is 15.7. The van der Waals surface area contributed by atoms with Crippen LogP contribution in [0.3, 0.4) is 0 Å². The van der Waals surface area contributed by atoms with Gasteiger partial charge in [0, 0.05) is 12.6 Å². The molecule has 0 aromatic rings. The molecule has 0 saturated carbocycles. The summed E-state index contributed by atoms with van der Waals surface area (Å²) in [5, 5.41) is 0. The summed E-state index contributed by atoms with van der Waals surface area (Å²) < 4.78 is 0. The van der Waals surface area contributed by atoms with E-state index >= 15 is 0 Å². The van der Waals surface area contributed by atoms with Crippen LogP contribution in [0.4, 0.5) is 0 Å². The van der Waals surface area contributed by atoms with E-state index in [-0.39, 0.29) is 11.9 Å². The summed E-state index contributed by atoms with van der Waals surface area (Å²) in [7, 11) is 4.10. The molecule has 3 N–H and O–H groups in total. The number of likely N-dealkylation sites (N-methyl/N-ethyl adjacent to an activating group) is 2. The van der Waals surface area contributed by atoms with Gasteiger partial charge in [0.05, 0.1) is 6.04 Å². The van der Waals surface area contributed by atoms with Crippen molar-refractivity contribution in [1.82, 2.24) is 15.2 Å². The Morgan fingerprint density at radius 2 is 2.40 bits per heavy atom. The van der Waals surface area contributed by atoms with Crippen LogP contribution in [0.1, 0.15) is 19.8 Å². The van der Waals surface area contributed by atoms with E-state index in [1.807, 2.05) is 14.0 Å². The first kappa shape index (κ1) is 12.4. The fourth-order valence-electron chi connectivity index (χ4n) is 2.02. The van der Waals surface area contributed by atoms with Crippen molar-refractivity contribution < 1.29 is 4.79 Å². The van der Waals surface area contributed by atoms with Gasteiger partial charge in [-0.2, -0.15) is 0 Å². The molecule has 1 aliphatic rings. The number of nitrogens with one attached hydrogen (secondary N) is 1. The fourth-order valence-corrected chi connectivity index (χ4v) is 2.02. The number of hydrogen-bond donors (Lipinski definition) is 2. The number of nitrogens with two attached hydrogens (primary N) is 1. The molecular formula is C10H22N4O. The third-order valence-electron chi connectivity index (χ3n) is 3.35. The fraction of sp³-hybridized carbons (Fsp3) is 0.900. The maximum absolute atomic E-state index is 11.3. The van der Waals surface area contributed by atoms with Crippen LogP contribution < -0.4 is 11.3 Å². The summed E-state index contributed by atoms with van der Waals surface area (Å²) in [6.07, 6.45) is 2.48. The van der Waals surface area contributed by atoms with E-state index < -0.39 is 0 Å². The summed E-state index contributed by atoms with van der Waals surface area (Å²) in [5.41, 5.74) is 2.19. The number of carbonyl (C=O) groups excluding carboxylic acids is 1. The molecule has 1 saturated heterocycles. The van der Waals surface area contributed by atoms with Gasteiger partial charge >= 0.3 is 0 Å². The first-order valence-corrected chi connectivity index (χ1v) is 5.47. The lowest BCUT2D eigenvalue weighted by Gasteiger charge is -2.29. The molecule has 2 atom stereocenters. The summed E-state index contributed by atoms with van der Waals surface area (Å²) in [6, 6.07) is 0.409. The molecule has 1 rings (SSSR count). The zero-order valence-electron chi connectivity index (χ0n) is 9.86. The van der Waals surface area contributed by atoms with Crippen LogP contribution >= 0.6 is 0 Å². The molecule has 1 amide bonds. The minimum Gasteiger partial charge on any atom is -0.302 e. The number of nitrogens with zero attached hydrogens (tertiary/aromatic N) is 2. The molecule has 88 valence electrons. The Bertz CT molecular complexity index is 221. The molecule has 0 aliphatic carbocycles. The second kappa shape index (κ2) is 5.44. The van der Waals surface area contributed by atoms with E-state index in [1.54, 1.807) is 0 Å². The minimum absolute atomic E-state index is 0.127. The maximum atomic E-state index is 11.3. The van der Waals surface area contributed by atoms with E-state index in [2.05, 4.69) is 22.3 Å². The zero-order valence-corrected chi connectivity index (χ0v) is 9.86. The molecule has 0 radical (unpaired) electrons. The van der Waals surface area contributed by atoms with E-state index in [0.29, 0.717) is 6.04 Å². The molecule has 15 heavy (non-hydrogen) atoms. The highest BCUT2D eigenvalue weighted by molar-refractivity contribution is 5.80. The van der Waals surface area contributed by atoms with Gasteiger partial charge in [-0.25, -0.2) is 5.84 Å². The highest BCUT2D eigenvalue weighted by atomic mass is 16.2. The lowest BCUT2D eigenvalue weighted by atomic mass is 10.2. The van der Waals surface area contributed by atoms with Gasteiger partial charge in [-0.1, -0.05) is 0 Å². The van der Waals surface area contributed by atoms with E-state index in [0.717, 1.165) is 13.1 Å². The largest absolute Gasteiger partial charge is 0.302 e. The Kier molecular flexibility index (Phi) is 4.50. The average Bonchev–Trinajstić information content (AvgIpc) is 2.62. The molecule has 0 aromatic heterocycles. The van der Waals surface area contributed by atoms with Crippen LogP contribution in [0.15, 0.2) is 0 Å². The third kappa shape index (κ3) is 3.15. The predicted molar refractivity (Wildman–Crippen MR) is 60.1 cm³/mol. The normalized spacial score (nSPS) is 24.5. The molecule has 5 nitrogen and oxygen atoms in total. The van der Waals surface area contributed by atoms with Crippen LogP contribution in [0.25, 0.3) is 0 Å². The Morgan fingerprint density at radius 1 is 1.73 bits per heavy atom. The van der Waals surface area contributed by atoms with Crippen molar-refractivity contribution in [2.24, 2.45) is 5.84 Å². The van der Waals surface area contributed by atoms with Crippen LogP contribution in [-0.4, -0.2) is 55.0 Å². The summed E-state index contributed by atoms with van der Waals surface area (Å²) in [6.45, 7) is 3.96. The zero-order chi connectivity index (χ0) is 11.4. The Labute approximate surface area is 91.6 Å². The van der Waals surface area contributed by atoms with Crippen LogP contribution in [0.2, 0.25) is 0 Å². The van der Waals surface area contributed by atoms with E-state index in [1.165, 1.54) is 12.8 Å². The third-order valence-corrected chi connectivity index (χ3v) is 3.35. The lowest BCUT2D eigenvalue weighted by molar-refractivity contribution is -0.125. The average molecular weight is 214 g/mol. The van der Waals surface area contributed by atoms with Crippen molar-refractivity contribution in [2.75, 3.05) is 27.2 Å². The summed E-state index contributed by atoms with van der Waals surface area (Å²) in [5.74, 6) is 4.98. The molecule has 0 spiro atoms. The molecule has 2 unspecified atom stereocenters. The number of amides is 1. The second-order valence-electron chi connectivity index (χ2n) is 4.40. The number of carbonyl (C=O) groups is 1. The van der Waals surface area contributed by atoms with Crippen molar-refractivity contribution in [2.45, 2.75) is 31.8 Å². The second-order valence-corrected chi connectivity index (χ2v) is 4.40. The smallest absolute Gasteiger partial charge is 0.250 e. The highest BCUT2D eigenvalue weighted by Gasteiger charge is 2.25. The molecule has 1 heterocycles. The molecule has 1 fully saturated rings. The van der Waals surface area contributed by atoms with Gasteiger partial charge in [-0.15, -0.1) is 0 Å². The van der Waals surface area contributed by atoms with Gasteiger partial charge in [-0.3, -0.25) is 15.1 Å². The van der Waals surface area contributed by atoms with Crippen LogP contribution in [0.5, 0.6) is 0 Å². The number of hydrazine groups is 1. The first-order valence-electron chi connectivity index (χ1n) is 5.47. The van der Waals surface area contributed by atoms with E-state index in [9.17, 15) is 4.79 Å². The van der Waals surface area contributed by atoms with Crippen molar-refractivity contribution in [3.63, 3.8) is 0 Å². The molecule has 5 heteroatoms. The standard InChI is InChI=1S/C10H22N4O/c1-8(10(15)12-11)14(3)7-9-5-4-6-13(9)2/h8-9H,4-7,11H2,1-3H3,(H,12,15). The van der Waals surface area contributed by atoms with Crippen molar-refractivity contribution in [3.05, 3.63) is 0 Å². The Balaban J connectivity index is 2.40. The lowest BCUT2D eigenvalue weighted by Crippen LogP contribution is -2.49. The SMILES string of the molecule is CC(C(=O)NN)N(C)CC1CCCN1C. The maximum Gasteiger partial charge on any atom is 0.250 e. The molecule has 0 bridgehead atoms. The van der Waals surface area contributed by atoms with Crippen LogP contribution in [0, 0.1) is 0 Å². The number of hydrogen-bond acceptors (Lipinski definition) is 4. The van der Waals surface area contributed by atoms with Crippen LogP contribution in [-0.2, 0) is 4.79 Å². The van der Waals surface area contributed by atoms with Crippen molar-refractivity contribution in [1.29, 1.82) is 0 Å². The summed E-state index contributed by atoms with van der Waals surface area (Å²) >= 11 is 0. The Morgan fingerprint density at radius 3 is 2.87 bits per heavy atom. The highest BCUT2D eigenvalue weighted by Crippen LogP contribution is 2.16. The quantitative estimate of drug-likeness (QED) is 0.372. The van der Waals surface area contributed by atoms with Gasteiger partial charge in [0.1, 0.15) is 0 Å².